The molecule has 18 nitrogen and oxygen atoms in total. The van der Waals surface area contributed by atoms with Gasteiger partial charge in [0.05, 0.1) is 24.6 Å². The number of rotatable bonds is 15. The monoisotopic (exact) mass is 688 g/mol. The lowest BCUT2D eigenvalue weighted by Crippen LogP contribution is -2.05. The van der Waals surface area contributed by atoms with Gasteiger partial charge in [0.1, 0.15) is 0 Å². The molecule has 2 heterocycles. The topological polar surface area (TPSA) is 293 Å². The Bertz CT molecular complexity index is 1300. The van der Waals surface area contributed by atoms with E-state index >= 15 is 0 Å². The highest BCUT2D eigenvalue weighted by atomic mass is 33.1. The summed E-state index contributed by atoms with van der Waals surface area (Å²) in [5.74, 6) is -0.809. The fourth-order valence-electron chi connectivity index (χ4n) is 2.90. The Kier molecular flexibility index (Phi) is 12.4. The number of phosphoric ester groups is 4. The Hall–Kier alpha value is -0.880. The SMILES string of the molecule is Cc1ncc(CSSCc2cnc(C)c(OP(=O)(O)O)c2COP(=O)(O)O)c(COP(=O)(O)O)c1OP(=O)(O)O. The van der Waals surface area contributed by atoms with Crippen molar-refractivity contribution in [2.24, 2.45) is 0 Å². The molecule has 0 aliphatic rings. The first-order valence-electron chi connectivity index (χ1n) is 10.2. The van der Waals surface area contributed by atoms with Crippen LogP contribution in [0.15, 0.2) is 12.4 Å². The zero-order valence-electron chi connectivity index (χ0n) is 20.3. The molecule has 40 heavy (non-hydrogen) atoms. The van der Waals surface area contributed by atoms with Crippen molar-refractivity contribution in [1.82, 2.24) is 9.97 Å². The fourth-order valence-corrected chi connectivity index (χ4v) is 6.64. The fraction of sp³-hybridized carbons (Fsp3) is 0.375. The summed E-state index contributed by atoms with van der Waals surface area (Å²) in [5, 5.41) is 0. The number of hydrogen-bond donors (Lipinski definition) is 8. The molecule has 2 rings (SSSR count). The predicted octanol–water partition coefficient (Wildman–Crippen LogP) is 2.34. The second-order valence-electron chi connectivity index (χ2n) is 7.57. The van der Waals surface area contributed by atoms with Crippen molar-refractivity contribution in [2.75, 3.05) is 0 Å². The molecular formula is C16H24N2O16P4S2. The summed E-state index contributed by atoms with van der Waals surface area (Å²) in [6.45, 7) is 1.14. The number of hydrogen-bond acceptors (Lipinski definition) is 12. The Balaban J connectivity index is 2.31. The number of nitrogens with zero attached hydrogens (tertiary/aromatic N) is 2. The third-order valence-electron chi connectivity index (χ3n) is 4.50. The van der Waals surface area contributed by atoms with E-state index in [4.69, 9.17) is 19.6 Å². The van der Waals surface area contributed by atoms with Crippen molar-refractivity contribution >= 4 is 52.9 Å². The van der Waals surface area contributed by atoms with Crippen molar-refractivity contribution < 1.29 is 75.5 Å². The van der Waals surface area contributed by atoms with Crippen LogP contribution in [0.4, 0.5) is 0 Å². The molecule has 0 radical (unpaired) electrons. The highest BCUT2D eigenvalue weighted by Crippen LogP contribution is 2.47. The lowest BCUT2D eigenvalue weighted by Gasteiger charge is -2.18. The second-order valence-corrected chi connectivity index (χ2v) is 14.8. The van der Waals surface area contributed by atoms with Gasteiger partial charge in [-0.1, -0.05) is 21.6 Å². The molecule has 0 unspecified atom stereocenters. The van der Waals surface area contributed by atoms with Gasteiger partial charge in [0.15, 0.2) is 11.5 Å². The molecule has 0 saturated carbocycles. The van der Waals surface area contributed by atoms with Crippen LogP contribution in [0.1, 0.15) is 33.6 Å². The lowest BCUT2D eigenvalue weighted by molar-refractivity contribution is 0.185. The van der Waals surface area contributed by atoms with Gasteiger partial charge in [-0.25, -0.2) is 18.3 Å². The van der Waals surface area contributed by atoms with Crippen molar-refractivity contribution in [3.63, 3.8) is 0 Å². The van der Waals surface area contributed by atoms with Crippen LogP contribution in [0.2, 0.25) is 0 Å². The molecule has 0 aliphatic carbocycles. The highest BCUT2D eigenvalue weighted by Gasteiger charge is 2.27. The van der Waals surface area contributed by atoms with E-state index in [1.54, 1.807) is 0 Å². The maximum absolute atomic E-state index is 11.4. The summed E-state index contributed by atoms with van der Waals surface area (Å²) in [7, 11) is -17.9. The predicted molar refractivity (Wildman–Crippen MR) is 140 cm³/mol. The first kappa shape index (κ1) is 35.3. The van der Waals surface area contributed by atoms with E-state index in [0.717, 1.165) is 21.6 Å². The van der Waals surface area contributed by atoms with Crippen LogP contribution >= 0.6 is 52.9 Å². The standard InChI is InChI=1S/C16H24N2O16P4S2/c1-9-15(33-37(25,26)27)13(5-31-35(19,20)21)11(3-17-9)7-39-40-8-12-4-18-10(2)16(34-38(28,29)30)14(12)6-32-36(22,23)24/h3-4H,5-8H2,1-2H3,(H2,19,20,21)(H2,22,23,24)(H2,25,26,27)(H2,28,29,30). The summed E-state index contributed by atoms with van der Waals surface area (Å²) in [4.78, 5) is 81.3. The van der Waals surface area contributed by atoms with Crippen molar-refractivity contribution in [1.29, 1.82) is 0 Å². The highest BCUT2D eigenvalue weighted by molar-refractivity contribution is 8.76. The summed E-state index contributed by atoms with van der Waals surface area (Å²) < 4.78 is 63.7. The average Bonchev–Trinajstić information content (AvgIpc) is 2.76. The van der Waals surface area contributed by atoms with Crippen LogP contribution in [0.3, 0.4) is 0 Å². The van der Waals surface area contributed by atoms with Crippen LogP contribution in [-0.2, 0) is 52.0 Å². The lowest BCUT2D eigenvalue weighted by atomic mass is 10.1. The third kappa shape index (κ3) is 12.5. The summed E-state index contributed by atoms with van der Waals surface area (Å²) in [6.07, 6.45) is 2.57. The van der Waals surface area contributed by atoms with E-state index in [-0.39, 0.29) is 45.1 Å². The molecule has 0 aliphatic heterocycles. The Morgan fingerprint density at radius 3 is 1.23 bits per heavy atom. The molecule has 0 fully saturated rings. The average molecular weight is 688 g/mol. The van der Waals surface area contributed by atoms with Crippen LogP contribution < -0.4 is 9.05 Å². The minimum Gasteiger partial charge on any atom is -0.402 e. The summed E-state index contributed by atoms with van der Waals surface area (Å²) >= 11 is 0. The van der Waals surface area contributed by atoms with Gasteiger partial charge >= 0.3 is 31.3 Å². The zero-order chi connectivity index (χ0) is 30.5. The molecule has 226 valence electrons. The van der Waals surface area contributed by atoms with Gasteiger partial charge in [-0.2, -0.15) is 0 Å². The Morgan fingerprint density at radius 1 is 0.625 bits per heavy atom. The number of pyridine rings is 2. The van der Waals surface area contributed by atoms with Crippen molar-refractivity contribution in [2.45, 2.75) is 38.6 Å². The molecule has 0 saturated heterocycles. The first-order valence-corrected chi connectivity index (χ1v) is 18.9. The van der Waals surface area contributed by atoms with Gasteiger partial charge in [-0.3, -0.25) is 38.6 Å². The van der Waals surface area contributed by atoms with E-state index in [2.05, 4.69) is 28.1 Å². The number of phosphoric acid groups is 4. The molecule has 0 bridgehead atoms. The Morgan fingerprint density at radius 2 is 0.950 bits per heavy atom. The summed E-state index contributed by atoms with van der Waals surface area (Å²) in [5.41, 5.74) is 0.309. The molecule has 2 aromatic heterocycles. The minimum absolute atomic E-state index is 0.00653. The molecule has 2 aromatic rings. The second kappa shape index (κ2) is 14.1. The molecule has 0 aromatic carbocycles. The largest absolute Gasteiger partial charge is 0.524 e. The molecule has 0 amide bonds. The molecule has 0 spiro atoms. The van der Waals surface area contributed by atoms with Crippen LogP contribution in [0.25, 0.3) is 0 Å². The van der Waals surface area contributed by atoms with E-state index in [0.29, 0.717) is 0 Å². The smallest absolute Gasteiger partial charge is 0.402 e. The molecule has 8 N–H and O–H groups in total. The van der Waals surface area contributed by atoms with Crippen LogP contribution in [0.5, 0.6) is 11.5 Å². The molecule has 0 atom stereocenters. The van der Waals surface area contributed by atoms with E-state index in [1.165, 1.54) is 26.2 Å². The summed E-state index contributed by atoms with van der Waals surface area (Å²) in [6, 6.07) is 0. The van der Waals surface area contributed by atoms with Crippen molar-refractivity contribution in [3.8, 4) is 11.5 Å². The quantitative estimate of drug-likeness (QED) is 0.0756. The maximum atomic E-state index is 11.4. The van der Waals surface area contributed by atoms with Gasteiger partial charge in [0.25, 0.3) is 0 Å². The van der Waals surface area contributed by atoms with Gasteiger partial charge < -0.3 is 28.6 Å². The van der Waals surface area contributed by atoms with Crippen LogP contribution in [0, 0.1) is 13.8 Å². The molecule has 24 heteroatoms. The van der Waals surface area contributed by atoms with Gasteiger partial charge in [-0.05, 0) is 25.0 Å². The third-order valence-corrected chi connectivity index (χ3v) is 8.50. The first-order chi connectivity index (χ1) is 18.2. The van der Waals surface area contributed by atoms with E-state index < -0.39 is 56.0 Å². The van der Waals surface area contributed by atoms with Gasteiger partial charge in [0.2, 0.25) is 0 Å². The number of aryl methyl sites for hydroxylation is 2. The van der Waals surface area contributed by atoms with Gasteiger partial charge in [-0.15, -0.1) is 0 Å². The normalized spacial score (nSPS) is 12.9. The zero-order valence-corrected chi connectivity index (χ0v) is 25.5. The maximum Gasteiger partial charge on any atom is 0.524 e. The Labute approximate surface area is 234 Å². The van der Waals surface area contributed by atoms with E-state index in [1.807, 2.05) is 0 Å². The minimum atomic E-state index is -5.09. The van der Waals surface area contributed by atoms with E-state index in [9.17, 15) is 37.8 Å². The molecular weight excluding hydrogens is 664 g/mol. The number of aromatic nitrogens is 2. The van der Waals surface area contributed by atoms with Crippen LogP contribution in [-0.4, -0.2) is 49.1 Å². The van der Waals surface area contributed by atoms with Gasteiger partial charge in [0, 0.05) is 35.0 Å². The van der Waals surface area contributed by atoms with Crippen molar-refractivity contribution in [3.05, 3.63) is 46.0 Å².